The lowest BCUT2D eigenvalue weighted by Crippen LogP contribution is -2.46. The lowest BCUT2D eigenvalue weighted by atomic mass is 10.0. The van der Waals surface area contributed by atoms with Gasteiger partial charge in [-0.2, -0.15) is 4.37 Å². The lowest BCUT2D eigenvalue weighted by molar-refractivity contribution is 0.0946. The maximum atomic E-state index is 13.0. The number of methoxy groups -OCH3 is 2. The molecule has 0 aliphatic carbocycles. The minimum atomic E-state index is -0.222. The second-order valence-corrected chi connectivity index (χ2v) is 9.82. The summed E-state index contributed by atoms with van der Waals surface area (Å²) in [5, 5.41) is 4.68. The standard InChI is InChI=1S/C26H33ClN4O3S.ClH/c1-4-18-17-20(27)24(34-3)22(23(18)33-2)26(32)28-11-7-8-12-30-13-15-31(16-14-30)25-19-9-5-6-10-21(19)35-29-25;/h5-6,9-10,17H,4,7-8,11-16H2,1-3H3,(H,28,32);1H. The van der Waals surface area contributed by atoms with Crippen LogP contribution in [0.3, 0.4) is 0 Å². The molecule has 10 heteroatoms. The highest BCUT2D eigenvalue weighted by atomic mass is 35.5. The van der Waals surface area contributed by atoms with E-state index >= 15 is 0 Å². The summed E-state index contributed by atoms with van der Waals surface area (Å²) in [6, 6.07) is 10.2. The molecule has 0 unspecified atom stereocenters. The first-order valence-electron chi connectivity index (χ1n) is 12.1. The Morgan fingerprint density at radius 2 is 1.83 bits per heavy atom. The van der Waals surface area contributed by atoms with E-state index in [1.165, 1.54) is 17.2 Å². The van der Waals surface area contributed by atoms with E-state index in [0.717, 1.165) is 56.9 Å². The number of anilines is 1. The van der Waals surface area contributed by atoms with Gasteiger partial charge in [0.15, 0.2) is 5.75 Å². The zero-order chi connectivity index (χ0) is 24.8. The van der Waals surface area contributed by atoms with Gasteiger partial charge in [-0.1, -0.05) is 30.7 Å². The predicted octanol–water partition coefficient (Wildman–Crippen LogP) is 5.28. The number of hydrogen-bond donors (Lipinski definition) is 1. The summed E-state index contributed by atoms with van der Waals surface area (Å²) < 4.78 is 16.9. The van der Waals surface area contributed by atoms with Crippen LogP contribution in [-0.2, 0) is 6.42 Å². The number of halogens is 2. The number of aryl methyl sites for hydroxylation is 1. The molecule has 0 radical (unpaired) electrons. The predicted molar refractivity (Wildman–Crippen MR) is 151 cm³/mol. The summed E-state index contributed by atoms with van der Waals surface area (Å²) in [6.45, 7) is 7.62. The molecule has 1 amide bonds. The van der Waals surface area contributed by atoms with Crippen LogP contribution >= 0.6 is 35.5 Å². The quantitative estimate of drug-likeness (QED) is 0.345. The van der Waals surface area contributed by atoms with Gasteiger partial charge in [-0.25, -0.2) is 0 Å². The number of hydrogen-bond acceptors (Lipinski definition) is 7. The molecule has 2 aromatic carbocycles. The van der Waals surface area contributed by atoms with Gasteiger partial charge in [0.05, 0.1) is 23.9 Å². The van der Waals surface area contributed by atoms with Crippen LogP contribution in [0.4, 0.5) is 5.82 Å². The molecular weight excluding hydrogens is 519 g/mol. The van der Waals surface area contributed by atoms with Gasteiger partial charge >= 0.3 is 0 Å². The van der Waals surface area contributed by atoms with Crippen molar-refractivity contribution >= 4 is 57.4 Å². The van der Waals surface area contributed by atoms with Crippen LogP contribution in [0.5, 0.6) is 11.5 Å². The first-order valence-corrected chi connectivity index (χ1v) is 13.3. The number of amides is 1. The van der Waals surface area contributed by atoms with E-state index < -0.39 is 0 Å². The molecule has 1 N–H and O–H groups in total. The highest BCUT2D eigenvalue weighted by Crippen LogP contribution is 2.38. The summed E-state index contributed by atoms with van der Waals surface area (Å²) in [5.41, 5.74) is 1.25. The number of nitrogens with zero attached hydrogens (tertiary/aromatic N) is 3. The second kappa shape index (κ2) is 13.3. The SMILES string of the molecule is CCc1cc(Cl)c(OC)c(C(=O)NCCCCN2CCN(c3nsc4ccccc34)CC2)c1OC.Cl. The maximum absolute atomic E-state index is 13.0. The van der Waals surface area contributed by atoms with E-state index in [9.17, 15) is 4.79 Å². The van der Waals surface area contributed by atoms with Gasteiger partial charge in [-0.15, -0.1) is 12.4 Å². The van der Waals surface area contributed by atoms with Crippen molar-refractivity contribution in [2.24, 2.45) is 0 Å². The zero-order valence-corrected chi connectivity index (χ0v) is 23.4. The average molecular weight is 554 g/mol. The van der Waals surface area contributed by atoms with Crippen molar-refractivity contribution in [1.82, 2.24) is 14.6 Å². The van der Waals surface area contributed by atoms with Gasteiger partial charge in [0, 0.05) is 38.1 Å². The summed E-state index contributed by atoms with van der Waals surface area (Å²) in [6.07, 6.45) is 2.62. The van der Waals surface area contributed by atoms with Crippen molar-refractivity contribution in [3.05, 3.63) is 46.5 Å². The molecule has 3 aromatic rings. The van der Waals surface area contributed by atoms with Gasteiger partial charge in [0.25, 0.3) is 5.91 Å². The summed E-state index contributed by atoms with van der Waals surface area (Å²) in [7, 11) is 3.08. The van der Waals surface area contributed by atoms with Crippen LogP contribution in [-0.4, -0.2) is 68.7 Å². The number of fused-ring (bicyclic) bond motifs is 1. The molecule has 0 saturated carbocycles. The summed E-state index contributed by atoms with van der Waals surface area (Å²) in [4.78, 5) is 17.9. The minimum absolute atomic E-state index is 0. The van der Waals surface area contributed by atoms with E-state index in [1.807, 2.05) is 6.92 Å². The average Bonchev–Trinajstić information content (AvgIpc) is 3.32. The first kappa shape index (κ1) is 28.3. The Morgan fingerprint density at radius 3 is 2.53 bits per heavy atom. The molecule has 1 fully saturated rings. The molecule has 1 aromatic heterocycles. The molecule has 4 rings (SSSR count). The number of benzene rings is 2. The van der Waals surface area contributed by atoms with Crippen LogP contribution in [0.15, 0.2) is 30.3 Å². The van der Waals surface area contributed by atoms with Crippen molar-refractivity contribution in [3.8, 4) is 11.5 Å². The molecule has 196 valence electrons. The second-order valence-electron chi connectivity index (χ2n) is 8.61. The Bertz CT molecular complexity index is 1170. The minimum Gasteiger partial charge on any atom is -0.495 e. The third-order valence-electron chi connectivity index (χ3n) is 6.50. The number of ether oxygens (including phenoxy) is 2. The van der Waals surface area contributed by atoms with E-state index in [0.29, 0.717) is 35.1 Å². The number of nitrogens with one attached hydrogen (secondary N) is 1. The van der Waals surface area contributed by atoms with Crippen molar-refractivity contribution in [2.75, 3.05) is 58.4 Å². The van der Waals surface area contributed by atoms with E-state index in [-0.39, 0.29) is 18.3 Å². The van der Waals surface area contributed by atoms with E-state index in [4.69, 9.17) is 25.4 Å². The normalized spacial score (nSPS) is 13.9. The van der Waals surface area contributed by atoms with Crippen molar-refractivity contribution in [3.63, 3.8) is 0 Å². The van der Waals surface area contributed by atoms with Crippen LogP contribution < -0.4 is 19.7 Å². The molecule has 2 heterocycles. The summed E-state index contributed by atoms with van der Waals surface area (Å²) in [5.74, 6) is 1.77. The molecule has 1 aliphatic rings. The fourth-order valence-corrected chi connectivity index (χ4v) is 5.70. The van der Waals surface area contributed by atoms with Crippen molar-refractivity contribution in [2.45, 2.75) is 26.2 Å². The molecule has 1 aliphatic heterocycles. The molecule has 0 atom stereocenters. The molecule has 7 nitrogen and oxygen atoms in total. The van der Waals surface area contributed by atoms with Crippen LogP contribution in [0, 0.1) is 0 Å². The number of piperazine rings is 1. The van der Waals surface area contributed by atoms with Crippen LogP contribution in [0.25, 0.3) is 10.1 Å². The molecule has 0 bridgehead atoms. The zero-order valence-electron chi connectivity index (χ0n) is 21.0. The van der Waals surface area contributed by atoms with Gasteiger partial charge in [-0.05, 0) is 61.1 Å². The number of rotatable bonds is 10. The summed E-state index contributed by atoms with van der Waals surface area (Å²) >= 11 is 7.93. The Morgan fingerprint density at radius 1 is 1.11 bits per heavy atom. The van der Waals surface area contributed by atoms with Gasteiger partial charge in [0.2, 0.25) is 0 Å². The Balaban J connectivity index is 0.00000361. The Kier molecular flexibility index (Phi) is 10.5. The van der Waals surface area contributed by atoms with Gasteiger partial charge in [-0.3, -0.25) is 9.69 Å². The molecule has 1 saturated heterocycles. The Labute approximate surface area is 228 Å². The van der Waals surface area contributed by atoms with E-state index in [2.05, 4.69) is 39.4 Å². The van der Waals surface area contributed by atoms with Crippen molar-refractivity contribution in [1.29, 1.82) is 0 Å². The highest BCUT2D eigenvalue weighted by molar-refractivity contribution is 7.13. The smallest absolute Gasteiger partial charge is 0.258 e. The maximum Gasteiger partial charge on any atom is 0.258 e. The topological polar surface area (TPSA) is 66.9 Å². The number of aromatic nitrogens is 1. The van der Waals surface area contributed by atoms with Crippen LogP contribution in [0.1, 0.15) is 35.7 Å². The monoisotopic (exact) mass is 552 g/mol. The number of unbranched alkanes of at least 4 members (excludes halogenated alkanes) is 1. The first-order chi connectivity index (χ1) is 17.1. The fourth-order valence-electron chi connectivity index (χ4n) is 4.60. The Hall–Kier alpha value is -2.26. The van der Waals surface area contributed by atoms with Crippen LogP contribution in [0.2, 0.25) is 5.02 Å². The van der Waals surface area contributed by atoms with Gasteiger partial charge < -0.3 is 19.7 Å². The van der Waals surface area contributed by atoms with E-state index in [1.54, 1.807) is 24.7 Å². The lowest BCUT2D eigenvalue weighted by Gasteiger charge is -2.35. The van der Waals surface area contributed by atoms with Gasteiger partial charge in [0.1, 0.15) is 17.1 Å². The number of carbonyl (C=O) groups excluding carboxylic acids is 1. The third-order valence-corrected chi connectivity index (χ3v) is 7.59. The molecular formula is C26H34Cl2N4O3S. The molecule has 0 spiro atoms. The van der Waals surface area contributed by atoms with Crippen molar-refractivity contribution < 1.29 is 14.3 Å². The largest absolute Gasteiger partial charge is 0.495 e. The highest BCUT2D eigenvalue weighted by Gasteiger charge is 2.24. The third kappa shape index (κ3) is 6.17. The fraction of sp³-hybridized carbons (Fsp3) is 0.462. The number of carbonyl (C=O) groups is 1. The molecule has 36 heavy (non-hydrogen) atoms.